The molecule has 29 heteroatoms. The smallest absolute Gasteiger partial charge is 0.422 e. The van der Waals surface area contributed by atoms with Gasteiger partial charge in [-0.2, -0.15) is 8.42 Å². The molecular weight excluding hydrogens is 881 g/mol. The fourth-order valence-electron chi connectivity index (χ4n) is 6.02. The highest BCUT2D eigenvalue weighted by Gasteiger charge is 2.56. The molecule has 0 unspecified atom stereocenters. The van der Waals surface area contributed by atoms with Crippen LogP contribution in [-0.4, -0.2) is 149 Å². The van der Waals surface area contributed by atoms with Crippen LogP contribution in [-0.2, 0) is 58.1 Å². The van der Waals surface area contributed by atoms with E-state index in [1.54, 1.807) is 0 Å². The first-order valence-corrected chi connectivity index (χ1v) is 20.5. The Morgan fingerprint density at radius 2 is 1.13 bits per heavy atom. The van der Waals surface area contributed by atoms with Crippen molar-refractivity contribution in [2.24, 2.45) is 10.3 Å². The van der Waals surface area contributed by atoms with Crippen molar-refractivity contribution >= 4 is 92.9 Å². The van der Waals surface area contributed by atoms with E-state index in [4.69, 9.17) is 18.3 Å². The quantitative estimate of drug-likeness (QED) is 0.0630. The SMILES string of the molecule is CO/N=C(\C(=O)N[C@@H]1C(=O)N2C(C(=O)O)=C(COC(=O)NS(=O)(=O)NC(=O)OCC3=C(C(=O)O)N4C(=O)[C@@H](NC(=O)/C(=N\OC)c5ccco5)[C@H]4SC3)CS[C@H]12)c1ccco1. The standard InChI is InChI=1S/C32H30N8O18S3/c1-53-35-17(15-5-3-7-55-15)23(41)33-19-25(43)39-21(29(45)46)13(11-59-27(19)39)9-57-31(49)37-61(51,52)38-32(50)58-10-14-12-60-28-20(26(44)40(28)22(14)30(47)48)34-24(42)18(36-54-2)16-6-4-8-56-16/h3-8,19-20,27-28H,9-12H2,1-2H3,(H,33,41)(H,34,42)(H,37,49)(H,38,50)(H,45,46)(H,47,48)/b35-17-,36-18-/t19-,20-,27-,28-/m1/s1. The summed E-state index contributed by atoms with van der Waals surface area (Å²) < 4.78 is 47.8. The van der Waals surface area contributed by atoms with Crippen LogP contribution in [0.5, 0.6) is 0 Å². The van der Waals surface area contributed by atoms with Gasteiger partial charge in [0.2, 0.25) is 11.4 Å². The molecule has 6 amide bonds. The highest BCUT2D eigenvalue weighted by Crippen LogP contribution is 2.41. The lowest BCUT2D eigenvalue weighted by Crippen LogP contribution is -2.71. The molecule has 0 radical (unpaired) electrons. The summed E-state index contributed by atoms with van der Waals surface area (Å²) in [6, 6.07) is 3.43. The van der Waals surface area contributed by atoms with Gasteiger partial charge in [-0.3, -0.25) is 29.0 Å². The minimum absolute atomic E-state index is 0.0305. The number of fused-ring (bicyclic) bond motifs is 2. The van der Waals surface area contributed by atoms with Gasteiger partial charge in [-0.1, -0.05) is 10.3 Å². The molecule has 6 rings (SSSR count). The van der Waals surface area contributed by atoms with Crippen LogP contribution in [0.25, 0.3) is 0 Å². The molecule has 2 fully saturated rings. The average molecular weight is 911 g/mol. The minimum Gasteiger partial charge on any atom is -0.477 e. The summed E-state index contributed by atoms with van der Waals surface area (Å²) in [5.41, 5.74) is -1.98. The molecule has 0 aliphatic carbocycles. The molecule has 4 atom stereocenters. The number of rotatable bonds is 16. The zero-order chi connectivity index (χ0) is 44.2. The van der Waals surface area contributed by atoms with Crippen molar-refractivity contribution in [2.75, 3.05) is 38.9 Å². The van der Waals surface area contributed by atoms with E-state index in [2.05, 4.69) is 30.6 Å². The van der Waals surface area contributed by atoms with Crippen LogP contribution in [0.2, 0.25) is 0 Å². The third-order valence-corrected chi connectivity index (χ3v) is 12.1. The predicted molar refractivity (Wildman–Crippen MR) is 202 cm³/mol. The van der Waals surface area contributed by atoms with Crippen LogP contribution in [0, 0.1) is 0 Å². The van der Waals surface area contributed by atoms with Gasteiger partial charge in [0.1, 0.15) is 61.7 Å². The van der Waals surface area contributed by atoms with Gasteiger partial charge in [0.15, 0.2) is 11.5 Å². The summed E-state index contributed by atoms with van der Waals surface area (Å²) in [6.07, 6.45) is -0.802. The van der Waals surface area contributed by atoms with Gasteiger partial charge in [-0.25, -0.2) is 28.6 Å². The first-order valence-electron chi connectivity index (χ1n) is 16.9. The number of hydrogen-bond acceptors (Lipinski definition) is 20. The Hall–Kier alpha value is -7.01. The van der Waals surface area contributed by atoms with Crippen molar-refractivity contribution in [3.63, 3.8) is 0 Å². The summed E-state index contributed by atoms with van der Waals surface area (Å²) in [7, 11) is -2.69. The maximum atomic E-state index is 13.0. The van der Waals surface area contributed by atoms with E-state index >= 15 is 0 Å². The Morgan fingerprint density at radius 3 is 1.46 bits per heavy atom. The number of furan rings is 2. The van der Waals surface area contributed by atoms with Crippen LogP contribution < -0.4 is 20.1 Å². The molecule has 6 N–H and O–H groups in total. The average Bonchev–Trinajstić information content (AvgIpc) is 3.96. The number of oxime groups is 2. The number of nitrogens with zero attached hydrogens (tertiary/aromatic N) is 4. The molecular formula is C32H30N8O18S3. The fourth-order valence-corrected chi connectivity index (χ4v) is 9.29. The number of aliphatic carboxylic acids is 2. The highest BCUT2D eigenvalue weighted by molar-refractivity contribution is 8.00. The molecule has 0 spiro atoms. The van der Waals surface area contributed by atoms with Crippen LogP contribution >= 0.6 is 23.5 Å². The molecule has 4 aliphatic heterocycles. The normalized spacial score (nSPS) is 21.2. The van der Waals surface area contributed by atoms with Crippen LogP contribution in [0.1, 0.15) is 11.5 Å². The molecule has 324 valence electrons. The van der Waals surface area contributed by atoms with E-state index in [1.165, 1.54) is 60.5 Å². The molecule has 6 heterocycles. The zero-order valence-corrected chi connectivity index (χ0v) is 33.5. The Morgan fingerprint density at radius 1 is 0.738 bits per heavy atom. The lowest BCUT2D eigenvalue weighted by atomic mass is 10.0. The molecule has 2 aromatic heterocycles. The van der Waals surface area contributed by atoms with Gasteiger partial charge in [-0.15, -0.1) is 23.5 Å². The van der Waals surface area contributed by atoms with E-state index in [1.807, 2.05) is 0 Å². The molecule has 0 bridgehead atoms. The molecule has 0 saturated carbocycles. The maximum absolute atomic E-state index is 13.0. The molecule has 26 nitrogen and oxygen atoms in total. The van der Waals surface area contributed by atoms with Gasteiger partial charge in [0.25, 0.3) is 23.6 Å². The van der Waals surface area contributed by atoms with Crippen molar-refractivity contribution < 1.29 is 85.0 Å². The van der Waals surface area contributed by atoms with Crippen LogP contribution in [0.15, 0.2) is 78.5 Å². The topological polar surface area (TPSA) is 354 Å². The second-order valence-electron chi connectivity index (χ2n) is 12.3. The maximum Gasteiger partial charge on any atom is 0.422 e. The number of carboxylic acids is 2. The number of carbonyl (C=O) groups excluding carboxylic acids is 6. The van der Waals surface area contributed by atoms with Gasteiger partial charge >= 0.3 is 34.3 Å². The molecule has 0 aromatic carbocycles. The number of carboxylic acid groups (broad SMARTS) is 2. The van der Waals surface area contributed by atoms with E-state index < -0.39 is 105 Å². The highest BCUT2D eigenvalue weighted by atomic mass is 32.2. The van der Waals surface area contributed by atoms with Gasteiger partial charge in [0.05, 0.1) is 12.5 Å². The van der Waals surface area contributed by atoms with E-state index in [-0.39, 0.29) is 45.6 Å². The summed E-state index contributed by atoms with van der Waals surface area (Å²) in [4.78, 5) is 112. The molecule has 61 heavy (non-hydrogen) atoms. The monoisotopic (exact) mass is 910 g/mol. The summed E-state index contributed by atoms with van der Waals surface area (Å²) in [5.74, 6) is -6.80. The summed E-state index contributed by atoms with van der Waals surface area (Å²) in [5, 5.41) is 30.1. The fraction of sp³-hybridized carbons (Fsp3) is 0.312. The Labute approximate surface area is 349 Å². The van der Waals surface area contributed by atoms with Crippen LogP contribution in [0.4, 0.5) is 9.59 Å². The minimum atomic E-state index is -5.06. The van der Waals surface area contributed by atoms with Crippen molar-refractivity contribution in [1.82, 2.24) is 29.9 Å². The van der Waals surface area contributed by atoms with Crippen molar-refractivity contribution in [3.8, 4) is 0 Å². The number of amides is 6. The van der Waals surface area contributed by atoms with Crippen molar-refractivity contribution in [1.29, 1.82) is 0 Å². The first kappa shape index (κ1) is 43.6. The second-order valence-corrected chi connectivity index (χ2v) is 15.9. The third kappa shape index (κ3) is 9.11. The number of hydrogen-bond donors (Lipinski definition) is 6. The van der Waals surface area contributed by atoms with Gasteiger partial charge in [0, 0.05) is 22.7 Å². The Bertz CT molecular complexity index is 2240. The van der Waals surface area contributed by atoms with Gasteiger partial charge < -0.3 is 48.8 Å². The van der Waals surface area contributed by atoms with E-state index in [0.29, 0.717) is 0 Å². The largest absolute Gasteiger partial charge is 0.477 e. The predicted octanol–water partition coefficient (Wildman–Crippen LogP) is -1.55. The number of ether oxygens (including phenoxy) is 2. The number of carbonyl (C=O) groups is 8. The molecule has 4 aliphatic rings. The summed E-state index contributed by atoms with van der Waals surface area (Å²) in [6.45, 7) is -1.65. The van der Waals surface area contributed by atoms with Gasteiger partial charge in [-0.05, 0) is 24.3 Å². The van der Waals surface area contributed by atoms with Crippen LogP contribution in [0.3, 0.4) is 0 Å². The first-order chi connectivity index (χ1) is 29.1. The van der Waals surface area contributed by atoms with Crippen molar-refractivity contribution in [3.05, 3.63) is 70.9 Å². The van der Waals surface area contributed by atoms with E-state index in [9.17, 15) is 57.0 Å². The molecule has 2 saturated heterocycles. The zero-order valence-electron chi connectivity index (χ0n) is 31.0. The number of thioether (sulfide) groups is 2. The second kappa shape index (κ2) is 18.1. The molecule has 2 aromatic rings. The number of β-lactam (4-membered cyclic amide) rings is 2. The Balaban J connectivity index is 1.00. The number of nitrogens with one attached hydrogen (secondary N) is 4. The Kier molecular flexibility index (Phi) is 12.9. The lowest BCUT2D eigenvalue weighted by molar-refractivity contribution is -0.150. The van der Waals surface area contributed by atoms with Crippen molar-refractivity contribution in [2.45, 2.75) is 22.8 Å². The lowest BCUT2D eigenvalue weighted by Gasteiger charge is -2.49. The summed E-state index contributed by atoms with van der Waals surface area (Å²) >= 11 is 2.00. The van der Waals surface area contributed by atoms with E-state index in [0.717, 1.165) is 33.3 Å². The third-order valence-electron chi connectivity index (χ3n) is 8.57.